The minimum absolute atomic E-state index is 0.00681. The number of hydrogen-bond acceptors (Lipinski definition) is 6. The highest BCUT2D eigenvalue weighted by atomic mass is 19.1. The van der Waals surface area contributed by atoms with Crippen LogP contribution in [0.25, 0.3) is 11.0 Å². The summed E-state index contributed by atoms with van der Waals surface area (Å²) in [5.74, 6) is 0.0378. The Labute approximate surface area is 186 Å². The summed E-state index contributed by atoms with van der Waals surface area (Å²) in [5, 5.41) is 10.1. The molecule has 0 fully saturated rings. The van der Waals surface area contributed by atoms with Crippen LogP contribution in [0.15, 0.2) is 69.9 Å². The van der Waals surface area contributed by atoms with Crippen molar-refractivity contribution in [3.8, 4) is 17.2 Å². The maximum Gasteiger partial charge on any atom is 0.291 e. The Hall–Kier alpha value is -4.33. The third kappa shape index (κ3) is 3.02. The highest BCUT2D eigenvalue weighted by Gasteiger charge is 2.43. The number of ether oxygens (including phenoxy) is 2. The summed E-state index contributed by atoms with van der Waals surface area (Å²) in [7, 11) is 0. The normalized spacial score (nSPS) is 16.5. The third-order valence-electron chi connectivity index (χ3n) is 5.90. The summed E-state index contributed by atoms with van der Waals surface area (Å²) in [4.78, 5) is 28.4. The molecule has 1 unspecified atom stereocenters. The summed E-state index contributed by atoms with van der Waals surface area (Å²) >= 11 is 0. The van der Waals surface area contributed by atoms with Gasteiger partial charge in [-0.1, -0.05) is 18.2 Å². The number of rotatable bonds is 3. The van der Waals surface area contributed by atoms with E-state index < -0.39 is 23.2 Å². The van der Waals surface area contributed by atoms with Crippen molar-refractivity contribution in [1.29, 1.82) is 0 Å². The van der Waals surface area contributed by atoms with Gasteiger partial charge in [-0.3, -0.25) is 9.59 Å². The van der Waals surface area contributed by atoms with E-state index in [4.69, 9.17) is 13.9 Å². The molecule has 0 radical (unpaired) electrons. The molecule has 0 saturated carbocycles. The van der Waals surface area contributed by atoms with Crippen LogP contribution in [0.2, 0.25) is 0 Å². The lowest BCUT2D eigenvalue weighted by Crippen LogP contribution is -2.29. The zero-order valence-electron chi connectivity index (χ0n) is 17.1. The molecule has 0 saturated heterocycles. The second kappa shape index (κ2) is 7.09. The van der Waals surface area contributed by atoms with E-state index in [1.807, 2.05) is 6.07 Å². The van der Waals surface area contributed by atoms with Gasteiger partial charge in [-0.2, -0.15) is 0 Å². The van der Waals surface area contributed by atoms with Crippen molar-refractivity contribution in [3.05, 3.63) is 99.2 Å². The van der Waals surface area contributed by atoms with Gasteiger partial charge in [0.1, 0.15) is 17.1 Å². The lowest BCUT2D eigenvalue weighted by molar-refractivity contribution is 0.0714. The molecule has 33 heavy (non-hydrogen) atoms. The van der Waals surface area contributed by atoms with Gasteiger partial charge in [0.15, 0.2) is 16.9 Å². The van der Waals surface area contributed by atoms with Gasteiger partial charge in [0.25, 0.3) is 5.91 Å². The van der Waals surface area contributed by atoms with Gasteiger partial charge in [-0.25, -0.2) is 4.39 Å². The summed E-state index contributed by atoms with van der Waals surface area (Å²) in [6, 6.07) is 14.5. The summed E-state index contributed by atoms with van der Waals surface area (Å²) in [6.07, 6.45) is 0. The zero-order chi connectivity index (χ0) is 22.7. The maximum atomic E-state index is 13.9. The summed E-state index contributed by atoms with van der Waals surface area (Å²) in [6.45, 7) is 0.268. The number of carbonyl (C=O) groups is 1. The molecule has 0 aliphatic carbocycles. The monoisotopic (exact) mass is 445 g/mol. The maximum absolute atomic E-state index is 13.9. The van der Waals surface area contributed by atoms with Crippen LogP contribution in [-0.4, -0.2) is 22.7 Å². The van der Waals surface area contributed by atoms with Crippen molar-refractivity contribution in [2.75, 3.05) is 6.79 Å². The van der Waals surface area contributed by atoms with Crippen LogP contribution in [0.3, 0.4) is 0 Å². The predicted molar refractivity (Wildman–Crippen MR) is 115 cm³/mol. The number of aromatic hydroxyl groups is 1. The van der Waals surface area contributed by atoms with E-state index >= 15 is 0 Å². The van der Waals surface area contributed by atoms with Crippen molar-refractivity contribution in [2.24, 2.45) is 0 Å². The van der Waals surface area contributed by atoms with Gasteiger partial charge in [-0.05, 0) is 53.6 Å². The Morgan fingerprint density at radius 2 is 1.85 bits per heavy atom. The molecule has 2 aliphatic heterocycles. The number of carbonyl (C=O) groups excluding carboxylic acids is 1. The van der Waals surface area contributed by atoms with Crippen molar-refractivity contribution >= 4 is 16.9 Å². The summed E-state index contributed by atoms with van der Waals surface area (Å²) < 4.78 is 30.5. The molecule has 1 N–H and O–H groups in total. The molecule has 7 nitrogen and oxygen atoms in total. The molecule has 6 rings (SSSR count). The fourth-order valence-corrected chi connectivity index (χ4v) is 4.43. The van der Waals surface area contributed by atoms with Gasteiger partial charge < -0.3 is 23.9 Å². The van der Waals surface area contributed by atoms with Gasteiger partial charge in [0.2, 0.25) is 12.6 Å². The molecule has 4 aromatic rings. The predicted octanol–water partition coefficient (Wildman–Crippen LogP) is 4.11. The van der Waals surface area contributed by atoms with Crippen molar-refractivity contribution in [3.63, 3.8) is 0 Å². The number of hydrogen-bond donors (Lipinski definition) is 1. The fraction of sp³-hybridized carbons (Fsp3) is 0.120. The van der Waals surface area contributed by atoms with Gasteiger partial charge >= 0.3 is 0 Å². The molecule has 164 valence electrons. The average Bonchev–Trinajstić information content (AvgIpc) is 3.37. The van der Waals surface area contributed by atoms with Crippen LogP contribution in [0.5, 0.6) is 17.2 Å². The largest absolute Gasteiger partial charge is 0.508 e. The molecule has 3 aromatic carbocycles. The number of halogens is 1. The van der Waals surface area contributed by atoms with Gasteiger partial charge in [0, 0.05) is 6.54 Å². The van der Waals surface area contributed by atoms with Crippen molar-refractivity contribution < 1.29 is 28.2 Å². The molecule has 0 spiro atoms. The number of nitrogens with zero attached hydrogens (tertiary/aromatic N) is 1. The number of phenols is 1. The Morgan fingerprint density at radius 1 is 1.00 bits per heavy atom. The molecular formula is C25H16FNO6. The van der Waals surface area contributed by atoms with E-state index in [9.17, 15) is 19.1 Å². The molecule has 1 aromatic heterocycles. The smallest absolute Gasteiger partial charge is 0.291 e. The molecule has 1 amide bonds. The van der Waals surface area contributed by atoms with Crippen LogP contribution in [-0.2, 0) is 6.54 Å². The molecule has 8 heteroatoms. The van der Waals surface area contributed by atoms with E-state index in [2.05, 4.69) is 0 Å². The van der Waals surface area contributed by atoms with E-state index in [0.29, 0.717) is 17.1 Å². The molecule has 0 bridgehead atoms. The van der Waals surface area contributed by atoms with Crippen LogP contribution in [0.4, 0.5) is 4.39 Å². The quantitative estimate of drug-likeness (QED) is 0.511. The lowest BCUT2D eigenvalue weighted by atomic mass is 9.98. The van der Waals surface area contributed by atoms with Crippen LogP contribution in [0, 0.1) is 5.82 Å². The Morgan fingerprint density at radius 3 is 2.70 bits per heavy atom. The second-order valence-electron chi connectivity index (χ2n) is 7.93. The molecule has 2 aliphatic rings. The standard InChI is InChI=1S/C25H16FNO6/c26-15-5-7-18-17(10-15)23(29)21-22(14-2-1-3-16(28)9-14)27(25(30)24(21)33-18)11-13-4-6-19-20(8-13)32-12-31-19/h1-10,22,28H,11-12H2. The first-order valence-corrected chi connectivity index (χ1v) is 10.2. The van der Waals surface area contributed by atoms with Crippen LogP contribution in [0.1, 0.15) is 33.3 Å². The number of benzene rings is 3. The molecular weight excluding hydrogens is 429 g/mol. The van der Waals surface area contributed by atoms with E-state index in [1.165, 1.54) is 29.2 Å². The van der Waals surface area contributed by atoms with Crippen molar-refractivity contribution in [1.82, 2.24) is 4.90 Å². The van der Waals surface area contributed by atoms with E-state index in [0.717, 1.165) is 11.6 Å². The third-order valence-corrected chi connectivity index (χ3v) is 5.90. The Bertz CT molecular complexity index is 1510. The minimum atomic E-state index is -0.825. The van der Waals surface area contributed by atoms with E-state index in [1.54, 1.807) is 24.3 Å². The second-order valence-corrected chi connectivity index (χ2v) is 7.93. The Kier molecular flexibility index (Phi) is 4.16. The number of amides is 1. The summed E-state index contributed by atoms with van der Waals surface area (Å²) in [5.41, 5.74) is 1.05. The molecule has 1 atom stereocenters. The average molecular weight is 445 g/mol. The van der Waals surface area contributed by atoms with Gasteiger partial charge in [-0.15, -0.1) is 0 Å². The van der Waals surface area contributed by atoms with Crippen LogP contribution < -0.4 is 14.9 Å². The molecule has 3 heterocycles. The number of phenolic OH excluding ortho intramolecular Hbond substituents is 1. The Balaban J connectivity index is 1.53. The fourth-order valence-electron chi connectivity index (χ4n) is 4.43. The minimum Gasteiger partial charge on any atom is -0.508 e. The van der Waals surface area contributed by atoms with Crippen LogP contribution >= 0.6 is 0 Å². The first-order valence-electron chi connectivity index (χ1n) is 10.2. The van der Waals surface area contributed by atoms with E-state index in [-0.39, 0.29) is 41.4 Å². The SMILES string of the molecule is O=C1c2oc3ccc(F)cc3c(=O)c2C(c2cccc(O)c2)N1Cc1ccc2c(c1)OCO2. The highest BCUT2D eigenvalue weighted by Crippen LogP contribution is 2.41. The highest BCUT2D eigenvalue weighted by molar-refractivity contribution is 5.99. The first kappa shape index (κ1) is 19.4. The van der Waals surface area contributed by atoms with Gasteiger partial charge in [0.05, 0.1) is 17.0 Å². The zero-order valence-corrected chi connectivity index (χ0v) is 17.1. The first-order chi connectivity index (χ1) is 16.0. The topological polar surface area (TPSA) is 89.2 Å². The lowest BCUT2D eigenvalue weighted by Gasteiger charge is -2.25. The van der Waals surface area contributed by atoms with Crippen molar-refractivity contribution in [2.45, 2.75) is 12.6 Å². The number of fused-ring (bicyclic) bond motifs is 3.